The molecule has 2 N–H and O–H groups in total. The summed E-state index contributed by atoms with van der Waals surface area (Å²) >= 11 is 0. The Morgan fingerprint density at radius 1 is 1.15 bits per heavy atom. The highest BCUT2D eigenvalue weighted by atomic mass is 32.2. The van der Waals surface area contributed by atoms with E-state index in [1.807, 2.05) is 30.3 Å². The van der Waals surface area contributed by atoms with Gasteiger partial charge in [0.25, 0.3) is 0 Å². The predicted molar refractivity (Wildman–Crippen MR) is 105 cm³/mol. The second-order valence-electron chi connectivity index (χ2n) is 6.63. The van der Waals surface area contributed by atoms with Gasteiger partial charge in [-0.3, -0.25) is 14.3 Å². The molecule has 8 heteroatoms. The third-order valence-electron chi connectivity index (χ3n) is 4.36. The van der Waals surface area contributed by atoms with Gasteiger partial charge in [-0.05, 0) is 36.8 Å². The Hall–Kier alpha value is -2.87. The zero-order valence-corrected chi connectivity index (χ0v) is 15.9. The van der Waals surface area contributed by atoms with Crippen LogP contribution in [-0.4, -0.2) is 33.0 Å². The van der Waals surface area contributed by atoms with Crippen molar-refractivity contribution < 1.29 is 18.0 Å². The molecule has 0 bridgehead atoms. The van der Waals surface area contributed by atoms with Crippen LogP contribution in [0.15, 0.2) is 48.5 Å². The van der Waals surface area contributed by atoms with E-state index in [9.17, 15) is 18.0 Å². The Bertz CT molecular complexity index is 974. The Kier molecular flexibility index (Phi) is 5.18. The predicted octanol–water partition coefficient (Wildman–Crippen LogP) is 2.36. The summed E-state index contributed by atoms with van der Waals surface area (Å²) in [5, 5.41) is 2.78. The average Bonchev–Trinajstić information content (AvgIpc) is 2.99. The fourth-order valence-electron chi connectivity index (χ4n) is 2.99. The topological polar surface area (TPSA) is 95.6 Å². The minimum atomic E-state index is -3.42. The number of para-hydroxylation sites is 1. The lowest BCUT2D eigenvalue weighted by atomic mass is 10.1. The van der Waals surface area contributed by atoms with Crippen molar-refractivity contribution >= 4 is 38.9 Å². The largest absolute Gasteiger partial charge is 0.326 e. The number of hydrogen-bond acceptors (Lipinski definition) is 4. The molecule has 1 unspecified atom stereocenters. The number of benzene rings is 2. The van der Waals surface area contributed by atoms with Crippen LogP contribution in [0.3, 0.4) is 0 Å². The zero-order chi connectivity index (χ0) is 19.6. The molecule has 1 saturated heterocycles. The van der Waals surface area contributed by atoms with Gasteiger partial charge in [-0.1, -0.05) is 24.3 Å². The summed E-state index contributed by atoms with van der Waals surface area (Å²) in [6, 6.07) is 14.2. The molecule has 2 amide bonds. The maximum absolute atomic E-state index is 12.6. The van der Waals surface area contributed by atoms with Crippen LogP contribution >= 0.6 is 0 Å². The number of carbonyl (C=O) groups is 2. The van der Waals surface area contributed by atoms with Gasteiger partial charge in [-0.2, -0.15) is 0 Å². The average molecular weight is 387 g/mol. The highest BCUT2D eigenvalue weighted by Crippen LogP contribution is 2.27. The van der Waals surface area contributed by atoms with Crippen molar-refractivity contribution in [2.24, 2.45) is 5.92 Å². The molecule has 2 aromatic rings. The lowest BCUT2D eigenvalue weighted by Crippen LogP contribution is -2.28. The molecule has 0 spiro atoms. The molecule has 1 atom stereocenters. The van der Waals surface area contributed by atoms with E-state index in [-0.39, 0.29) is 18.2 Å². The maximum atomic E-state index is 12.6. The summed E-state index contributed by atoms with van der Waals surface area (Å²) in [6.07, 6.45) is 1.21. The van der Waals surface area contributed by atoms with E-state index in [0.717, 1.165) is 17.5 Å². The molecule has 1 aliphatic rings. The summed E-state index contributed by atoms with van der Waals surface area (Å²) in [5.41, 5.74) is 2.39. The first-order chi connectivity index (χ1) is 12.7. The number of carbonyl (C=O) groups excluding carboxylic acids is 2. The van der Waals surface area contributed by atoms with Gasteiger partial charge in [0.15, 0.2) is 0 Å². The number of aryl methyl sites for hydroxylation is 1. The normalized spacial score (nSPS) is 17.0. The van der Waals surface area contributed by atoms with E-state index in [1.165, 1.54) is 0 Å². The molecule has 0 saturated carbocycles. The van der Waals surface area contributed by atoms with Crippen LogP contribution in [0.2, 0.25) is 0 Å². The maximum Gasteiger partial charge on any atom is 0.229 e. The van der Waals surface area contributed by atoms with Crippen molar-refractivity contribution in [1.29, 1.82) is 0 Å². The number of anilines is 3. The number of nitrogens with zero attached hydrogens (tertiary/aromatic N) is 1. The minimum Gasteiger partial charge on any atom is -0.326 e. The lowest BCUT2D eigenvalue weighted by Gasteiger charge is -2.17. The summed E-state index contributed by atoms with van der Waals surface area (Å²) in [7, 11) is -3.42. The second-order valence-corrected chi connectivity index (χ2v) is 8.38. The number of sulfonamides is 1. The van der Waals surface area contributed by atoms with E-state index in [1.54, 1.807) is 30.0 Å². The third kappa shape index (κ3) is 4.65. The molecule has 142 valence electrons. The lowest BCUT2D eigenvalue weighted by molar-refractivity contribution is -0.122. The Labute approximate surface area is 158 Å². The molecule has 1 heterocycles. The number of rotatable bonds is 5. The molecule has 2 aromatic carbocycles. The highest BCUT2D eigenvalue weighted by molar-refractivity contribution is 7.92. The summed E-state index contributed by atoms with van der Waals surface area (Å²) in [6.45, 7) is 2.08. The van der Waals surface area contributed by atoms with Crippen molar-refractivity contribution in [3.05, 3.63) is 54.1 Å². The highest BCUT2D eigenvalue weighted by Gasteiger charge is 2.35. The van der Waals surface area contributed by atoms with E-state index < -0.39 is 15.9 Å². The summed E-state index contributed by atoms with van der Waals surface area (Å²) < 4.78 is 25.3. The zero-order valence-electron chi connectivity index (χ0n) is 15.1. The molecule has 3 rings (SSSR count). The van der Waals surface area contributed by atoms with Crippen LogP contribution in [0, 0.1) is 12.8 Å². The number of nitrogens with one attached hydrogen (secondary N) is 2. The SMILES string of the molecule is Cc1ccc(NC(=O)C2CC(=O)N(c3ccccc3)C2)cc1NS(C)(=O)=O. The van der Waals surface area contributed by atoms with Gasteiger partial charge >= 0.3 is 0 Å². The number of hydrogen-bond donors (Lipinski definition) is 2. The first kappa shape index (κ1) is 18.9. The van der Waals surface area contributed by atoms with Crippen LogP contribution in [0.25, 0.3) is 0 Å². The van der Waals surface area contributed by atoms with E-state index in [2.05, 4.69) is 10.0 Å². The second kappa shape index (κ2) is 7.40. The monoisotopic (exact) mass is 387 g/mol. The van der Waals surface area contributed by atoms with Crippen molar-refractivity contribution in [2.75, 3.05) is 27.7 Å². The van der Waals surface area contributed by atoms with Crippen LogP contribution in [0.1, 0.15) is 12.0 Å². The fraction of sp³-hybridized carbons (Fsp3) is 0.263. The van der Waals surface area contributed by atoms with Gasteiger partial charge in [0.1, 0.15) is 0 Å². The molecule has 27 heavy (non-hydrogen) atoms. The fourth-order valence-corrected chi connectivity index (χ4v) is 3.61. The van der Waals surface area contributed by atoms with Gasteiger partial charge in [0.2, 0.25) is 21.8 Å². The molecule has 7 nitrogen and oxygen atoms in total. The van der Waals surface area contributed by atoms with Gasteiger partial charge in [0.05, 0.1) is 17.9 Å². The van der Waals surface area contributed by atoms with Gasteiger partial charge in [-0.15, -0.1) is 0 Å². The van der Waals surface area contributed by atoms with Crippen LogP contribution in [-0.2, 0) is 19.6 Å². The molecule has 1 fully saturated rings. The summed E-state index contributed by atoms with van der Waals surface area (Å²) in [4.78, 5) is 26.5. The van der Waals surface area contributed by atoms with Crippen LogP contribution in [0.4, 0.5) is 17.1 Å². The minimum absolute atomic E-state index is 0.0929. The van der Waals surface area contributed by atoms with Gasteiger partial charge < -0.3 is 10.2 Å². The van der Waals surface area contributed by atoms with Gasteiger partial charge in [0, 0.05) is 24.3 Å². The first-order valence-corrected chi connectivity index (χ1v) is 10.4. The molecule has 1 aliphatic heterocycles. The summed E-state index contributed by atoms with van der Waals surface area (Å²) in [5.74, 6) is -0.828. The smallest absolute Gasteiger partial charge is 0.229 e. The Morgan fingerprint density at radius 2 is 1.85 bits per heavy atom. The molecular formula is C19H21N3O4S. The number of amides is 2. The quantitative estimate of drug-likeness (QED) is 0.823. The molecular weight excluding hydrogens is 366 g/mol. The van der Waals surface area contributed by atoms with Gasteiger partial charge in [-0.25, -0.2) is 8.42 Å². The van der Waals surface area contributed by atoms with Crippen LogP contribution < -0.4 is 14.9 Å². The third-order valence-corrected chi connectivity index (χ3v) is 4.95. The van der Waals surface area contributed by atoms with Crippen molar-refractivity contribution in [3.8, 4) is 0 Å². The van der Waals surface area contributed by atoms with E-state index in [0.29, 0.717) is 17.9 Å². The Balaban J connectivity index is 1.71. The van der Waals surface area contributed by atoms with E-state index >= 15 is 0 Å². The van der Waals surface area contributed by atoms with E-state index in [4.69, 9.17) is 0 Å². The van der Waals surface area contributed by atoms with Crippen LogP contribution in [0.5, 0.6) is 0 Å². The standard InChI is InChI=1S/C19H21N3O4S/c1-13-8-9-15(11-17(13)21-27(2,25)26)20-19(24)14-10-18(23)22(12-14)16-6-4-3-5-7-16/h3-9,11,14,21H,10,12H2,1-2H3,(H,20,24). The molecule has 0 aromatic heterocycles. The molecule has 0 radical (unpaired) electrons. The van der Waals surface area contributed by atoms with Crippen molar-refractivity contribution in [1.82, 2.24) is 0 Å². The Morgan fingerprint density at radius 3 is 2.52 bits per heavy atom. The molecule has 0 aliphatic carbocycles. The first-order valence-electron chi connectivity index (χ1n) is 8.47. The van der Waals surface area contributed by atoms with Crippen molar-refractivity contribution in [3.63, 3.8) is 0 Å². The van der Waals surface area contributed by atoms with Crippen molar-refractivity contribution in [2.45, 2.75) is 13.3 Å².